The quantitative estimate of drug-likeness (QED) is 0.764. The molecule has 0 atom stereocenters. The maximum Gasteiger partial charge on any atom is 0.433 e. The fourth-order valence-corrected chi connectivity index (χ4v) is 2.99. The standard InChI is InChI=1S/C18H18F5N3/c19-15-2-1-13(9-16(15)20)11-25-5-7-26(8-6-25)12-14-3-4-24-17(10-14)18(21,22)23/h1-4,9-10H,5-8,11-12H2. The second-order valence-electron chi connectivity index (χ2n) is 6.35. The van der Waals surface area contributed by atoms with E-state index < -0.39 is 23.5 Å². The summed E-state index contributed by atoms with van der Waals surface area (Å²) in [5.74, 6) is -1.73. The van der Waals surface area contributed by atoms with Crippen molar-refractivity contribution in [2.24, 2.45) is 0 Å². The molecule has 0 N–H and O–H groups in total. The lowest BCUT2D eigenvalue weighted by Crippen LogP contribution is -2.45. The smallest absolute Gasteiger partial charge is 0.297 e. The van der Waals surface area contributed by atoms with Crippen LogP contribution in [0.5, 0.6) is 0 Å². The average molecular weight is 371 g/mol. The van der Waals surface area contributed by atoms with Crippen LogP contribution in [-0.4, -0.2) is 41.0 Å². The summed E-state index contributed by atoms with van der Waals surface area (Å²) in [4.78, 5) is 7.54. The first-order valence-corrected chi connectivity index (χ1v) is 8.22. The Morgan fingerprint density at radius 1 is 0.808 bits per heavy atom. The molecule has 3 nitrogen and oxygen atoms in total. The Kier molecular flexibility index (Phi) is 5.52. The molecule has 1 aromatic heterocycles. The van der Waals surface area contributed by atoms with Crippen molar-refractivity contribution in [1.82, 2.24) is 14.8 Å². The summed E-state index contributed by atoms with van der Waals surface area (Å²) in [7, 11) is 0. The zero-order valence-electron chi connectivity index (χ0n) is 13.9. The number of nitrogens with zero attached hydrogens (tertiary/aromatic N) is 3. The molecule has 0 aliphatic carbocycles. The van der Waals surface area contributed by atoms with Crippen molar-refractivity contribution in [2.75, 3.05) is 26.2 Å². The predicted molar refractivity (Wildman–Crippen MR) is 86.2 cm³/mol. The van der Waals surface area contributed by atoms with E-state index in [-0.39, 0.29) is 0 Å². The van der Waals surface area contributed by atoms with Gasteiger partial charge in [0.15, 0.2) is 11.6 Å². The molecule has 2 heterocycles. The van der Waals surface area contributed by atoms with Gasteiger partial charge in [-0.2, -0.15) is 13.2 Å². The van der Waals surface area contributed by atoms with Crippen LogP contribution in [0.3, 0.4) is 0 Å². The van der Waals surface area contributed by atoms with Crippen LogP contribution < -0.4 is 0 Å². The van der Waals surface area contributed by atoms with E-state index in [1.54, 1.807) is 12.1 Å². The third-order valence-corrected chi connectivity index (χ3v) is 4.38. The summed E-state index contributed by atoms with van der Waals surface area (Å²) in [6, 6.07) is 6.52. The molecule has 26 heavy (non-hydrogen) atoms. The largest absolute Gasteiger partial charge is 0.433 e. The first-order valence-electron chi connectivity index (χ1n) is 8.22. The molecule has 2 aromatic rings. The molecule has 0 saturated carbocycles. The normalized spacial score (nSPS) is 16.8. The van der Waals surface area contributed by atoms with E-state index in [0.29, 0.717) is 50.4 Å². The molecule has 0 amide bonds. The van der Waals surface area contributed by atoms with Gasteiger partial charge in [0.2, 0.25) is 0 Å². The Balaban J connectivity index is 1.53. The van der Waals surface area contributed by atoms with E-state index >= 15 is 0 Å². The number of aromatic nitrogens is 1. The molecule has 1 aliphatic heterocycles. The van der Waals surface area contributed by atoms with Crippen molar-refractivity contribution >= 4 is 0 Å². The van der Waals surface area contributed by atoms with Gasteiger partial charge in [-0.05, 0) is 35.4 Å². The molecule has 8 heteroatoms. The van der Waals surface area contributed by atoms with Crippen molar-refractivity contribution in [3.8, 4) is 0 Å². The second-order valence-corrected chi connectivity index (χ2v) is 6.35. The van der Waals surface area contributed by atoms with Gasteiger partial charge in [-0.15, -0.1) is 0 Å². The van der Waals surface area contributed by atoms with Crippen molar-refractivity contribution in [1.29, 1.82) is 0 Å². The zero-order valence-corrected chi connectivity index (χ0v) is 13.9. The lowest BCUT2D eigenvalue weighted by atomic mass is 10.1. The summed E-state index contributed by atoms with van der Waals surface area (Å²) < 4.78 is 64.4. The van der Waals surface area contributed by atoms with Gasteiger partial charge in [0.1, 0.15) is 5.69 Å². The molecule has 1 saturated heterocycles. The van der Waals surface area contributed by atoms with E-state index in [2.05, 4.69) is 14.8 Å². The highest BCUT2D eigenvalue weighted by Crippen LogP contribution is 2.28. The van der Waals surface area contributed by atoms with E-state index in [0.717, 1.165) is 12.1 Å². The van der Waals surface area contributed by atoms with E-state index in [4.69, 9.17) is 0 Å². The Bertz CT molecular complexity index is 755. The second kappa shape index (κ2) is 7.67. The summed E-state index contributed by atoms with van der Waals surface area (Å²) >= 11 is 0. The van der Waals surface area contributed by atoms with Crippen LogP contribution in [-0.2, 0) is 19.3 Å². The van der Waals surface area contributed by atoms with Crippen LogP contribution >= 0.6 is 0 Å². The first-order chi connectivity index (χ1) is 12.3. The molecular weight excluding hydrogens is 353 g/mol. The molecule has 1 fully saturated rings. The summed E-state index contributed by atoms with van der Waals surface area (Å²) in [5.41, 5.74) is 0.384. The maximum absolute atomic E-state index is 13.3. The molecule has 0 spiro atoms. The van der Waals surface area contributed by atoms with Gasteiger partial charge in [-0.25, -0.2) is 8.78 Å². The van der Waals surface area contributed by atoms with Gasteiger partial charge in [-0.3, -0.25) is 14.8 Å². The van der Waals surface area contributed by atoms with Crippen LogP contribution in [0.1, 0.15) is 16.8 Å². The zero-order chi connectivity index (χ0) is 18.7. The number of piperazine rings is 1. The minimum absolute atomic E-state index is 0.421. The predicted octanol–water partition coefficient (Wildman–Crippen LogP) is 3.70. The Labute approximate surface area is 148 Å². The van der Waals surface area contributed by atoms with Crippen LogP contribution in [0, 0.1) is 11.6 Å². The van der Waals surface area contributed by atoms with Crippen molar-refractivity contribution in [3.05, 3.63) is 65.0 Å². The maximum atomic E-state index is 13.3. The molecule has 140 valence electrons. The molecule has 3 rings (SSSR count). The van der Waals surface area contributed by atoms with Gasteiger partial charge >= 0.3 is 6.18 Å². The Morgan fingerprint density at radius 2 is 1.38 bits per heavy atom. The molecule has 0 radical (unpaired) electrons. The van der Waals surface area contributed by atoms with Crippen LogP contribution in [0.15, 0.2) is 36.5 Å². The average Bonchev–Trinajstić information content (AvgIpc) is 2.59. The monoisotopic (exact) mass is 371 g/mol. The van der Waals surface area contributed by atoms with Gasteiger partial charge < -0.3 is 0 Å². The van der Waals surface area contributed by atoms with Crippen molar-refractivity contribution in [3.63, 3.8) is 0 Å². The molecular formula is C18H18F5N3. The fraction of sp³-hybridized carbons (Fsp3) is 0.389. The van der Waals surface area contributed by atoms with Gasteiger partial charge in [0.05, 0.1) is 0 Å². The number of pyridine rings is 1. The highest BCUT2D eigenvalue weighted by Gasteiger charge is 2.32. The lowest BCUT2D eigenvalue weighted by molar-refractivity contribution is -0.141. The highest BCUT2D eigenvalue weighted by atomic mass is 19.4. The Morgan fingerprint density at radius 3 is 1.92 bits per heavy atom. The topological polar surface area (TPSA) is 19.4 Å². The van der Waals surface area contributed by atoms with Crippen molar-refractivity contribution in [2.45, 2.75) is 19.3 Å². The SMILES string of the molecule is Fc1ccc(CN2CCN(Cc3ccnc(C(F)(F)F)c3)CC2)cc1F. The number of rotatable bonds is 4. The fourth-order valence-electron chi connectivity index (χ4n) is 2.99. The highest BCUT2D eigenvalue weighted by molar-refractivity contribution is 5.19. The third kappa shape index (κ3) is 4.76. The summed E-state index contributed by atoms with van der Waals surface area (Å²) in [6.07, 6.45) is -3.27. The number of alkyl halides is 3. The first kappa shape index (κ1) is 18.7. The summed E-state index contributed by atoms with van der Waals surface area (Å²) in [5, 5.41) is 0. The minimum atomic E-state index is -4.45. The van der Waals surface area contributed by atoms with E-state index in [1.165, 1.54) is 12.3 Å². The molecule has 0 bridgehead atoms. The van der Waals surface area contributed by atoms with E-state index in [9.17, 15) is 22.0 Å². The Hall–Kier alpha value is -2.06. The van der Waals surface area contributed by atoms with Gasteiger partial charge in [0.25, 0.3) is 0 Å². The number of halogens is 5. The molecule has 0 unspecified atom stereocenters. The number of hydrogen-bond acceptors (Lipinski definition) is 3. The molecule has 1 aliphatic rings. The lowest BCUT2D eigenvalue weighted by Gasteiger charge is -2.34. The van der Waals surface area contributed by atoms with E-state index in [1.807, 2.05) is 0 Å². The number of benzene rings is 1. The number of hydrogen-bond donors (Lipinski definition) is 0. The van der Waals surface area contributed by atoms with Crippen LogP contribution in [0.25, 0.3) is 0 Å². The van der Waals surface area contributed by atoms with Crippen LogP contribution in [0.4, 0.5) is 22.0 Å². The minimum Gasteiger partial charge on any atom is -0.297 e. The molecule has 1 aromatic carbocycles. The third-order valence-electron chi connectivity index (χ3n) is 4.38. The van der Waals surface area contributed by atoms with Crippen molar-refractivity contribution < 1.29 is 22.0 Å². The van der Waals surface area contributed by atoms with Gasteiger partial charge in [0, 0.05) is 45.5 Å². The van der Waals surface area contributed by atoms with Gasteiger partial charge in [-0.1, -0.05) is 6.07 Å². The summed E-state index contributed by atoms with van der Waals surface area (Å²) in [6.45, 7) is 3.72. The van der Waals surface area contributed by atoms with Crippen LogP contribution in [0.2, 0.25) is 0 Å².